The lowest BCUT2D eigenvalue weighted by Gasteiger charge is -2.26. The number of aliphatic imine (C=N–C) groups is 1. The van der Waals surface area contributed by atoms with E-state index >= 15 is 0 Å². The van der Waals surface area contributed by atoms with Crippen molar-refractivity contribution in [1.29, 1.82) is 5.41 Å². The highest BCUT2D eigenvalue weighted by molar-refractivity contribution is 5.95. The summed E-state index contributed by atoms with van der Waals surface area (Å²) in [4.78, 5) is 4.27. The molecule has 0 saturated heterocycles. The highest BCUT2D eigenvalue weighted by atomic mass is 35.5. The lowest BCUT2D eigenvalue weighted by Crippen LogP contribution is -2.42. The van der Waals surface area contributed by atoms with Crippen molar-refractivity contribution in [3.63, 3.8) is 0 Å². The Morgan fingerprint density at radius 3 is 2.13 bits per heavy atom. The summed E-state index contributed by atoms with van der Waals surface area (Å²) in [5, 5.41) is 9.46. The minimum Gasteiger partial charge on any atom is -0.370 e. The molecule has 6 heteroatoms. The molecule has 5 nitrogen and oxygen atoms in total. The van der Waals surface area contributed by atoms with Gasteiger partial charge in [-0.05, 0) is 11.8 Å². The van der Waals surface area contributed by atoms with Gasteiger partial charge in [0.25, 0.3) is 0 Å². The van der Waals surface area contributed by atoms with Crippen molar-refractivity contribution in [3.8, 4) is 0 Å². The zero-order valence-corrected chi connectivity index (χ0v) is 10.6. The van der Waals surface area contributed by atoms with E-state index in [2.05, 4.69) is 38.0 Å². The molecule has 0 amide bonds. The lowest BCUT2D eigenvalue weighted by atomic mass is 9.86. The second-order valence-electron chi connectivity index (χ2n) is 4.34. The van der Waals surface area contributed by atoms with Crippen LogP contribution in [0.3, 0.4) is 0 Å². The Labute approximate surface area is 97.6 Å². The number of nitrogens with one attached hydrogen (secondary N) is 2. The minimum absolute atomic E-state index is 0. The summed E-state index contributed by atoms with van der Waals surface area (Å²) in [6.07, 6.45) is 0.907. The van der Waals surface area contributed by atoms with E-state index in [0.717, 1.165) is 6.42 Å². The SMILES string of the molecule is CCC(N=C(N)NC(=N)N)C(C)(C)C.Cl. The topological polar surface area (TPSA) is 100 Å². The minimum atomic E-state index is -0.185. The first-order valence-corrected chi connectivity index (χ1v) is 4.71. The highest BCUT2D eigenvalue weighted by Gasteiger charge is 2.22. The molecule has 0 saturated carbocycles. The van der Waals surface area contributed by atoms with Crippen LogP contribution < -0.4 is 16.8 Å². The Morgan fingerprint density at radius 1 is 1.40 bits per heavy atom. The van der Waals surface area contributed by atoms with Crippen LogP contribution in [0.25, 0.3) is 0 Å². The van der Waals surface area contributed by atoms with Crippen molar-refractivity contribution < 1.29 is 0 Å². The van der Waals surface area contributed by atoms with Crippen molar-refractivity contribution in [3.05, 3.63) is 0 Å². The average molecular weight is 236 g/mol. The second kappa shape index (κ2) is 6.50. The van der Waals surface area contributed by atoms with Crippen LogP contribution in [0.2, 0.25) is 0 Å². The van der Waals surface area contributed by atoms with E-state index in [9.17, 15) is 0 Å². The molecule has 0 heterocycles. The van der Waals surface area contributed by atoms with Crippen LogP contribution in [0.15, 0.2) is 4.99 Å². The first-order chi connectivity index (χ1) is 6.27. The quantitative estimate of drug-likeness (QED) is 0.425. The molecular weight excluding hydrogens is 214 g/mol. The Hall–Kier alpha value is -0.970. The molecule has 0 aromatic rings. The molecule has 15 heavy (non-hydrogen) atoms. The molecule has 0 aromatic carbocycles. The number of nitrogens with zero attached hydrogens (tertiary/aromatic N) is 1. The molecule has 0 aromatic heterocycles. The fourth-order valence-electron chi connectivity index (χ4n) is 1.24. The highest BCUT2D eigenvalue weighted by Crippen LogP contribution is 2.24. The molecule has 0 radical (unpaired) electrons. The lowest BCUT2D eigenvalue weighted by molar-refractivity contribution is 0.315. The van der Waals surface area contributed by atoms with E-state index in [4.69, 9.17) is 16.9 Å². The maximum atomic E-state index is 6.99. The van der Waals surface area contributed by atoms with Crippen LogP contribution in [0.5, 0.6) is 0 Å². The van der Waals surface area contributed by atoms with E-state index in [0.29, 0.717) is 0 Å². The first kappa shape index (κ1) is 16.5. The molecule has 0 aliphatic rings. The molecule has 0 spiro atoms. The van der Waals surface area contributed by atoms with Crippen LogP contribution in [0.1, 0.15) is 34.1 Å². The van der Waals surface area contributed by atoms with Gasteiger partial charge in [0.1, 0.15) is 0 Å². The third kappa shape index (κ3) is 7.02. The number of hydrogen-bond acceptors (Lipinski definition) is 2. The van der Waals surface area contributed by atoms with Crippen molar-refractivity contribution in [2.45, 2.75) is 40.2 Å². The normalized spacial score (nSPS) is 14.0. The van der Waals surface area contributed by atoms with Gasteiger partial charge in [-0.15, -0.1) is 12.4 Å². The fraction of sp³-hybridized carbons (Fsp3) is 0.778. The summed E-state index contributed by atoms with van der Waals surface area (Å²) in [6, 6.07) is 0.134. The number of nitrogens with two attached hydrogens (primary N) is 2. The van der Waals surface area contributed by atoms with E-state index in [1.54, 1.807) is 0 Å². The largest absolute Gasteiger partial charge is 0.370 e. The number of halogens is 1. The van der Waals surface area contributed by atoms with E-state index in [1.165, 1.54) is 0 Å². The molecule has 0 aliphatic heterocycles. The van der Waals surface area contributed by atoms with Gasteiger partial charge in [0.05, 0.1) is 6.04 Å². The van der Waals surface area contributed by atoms with Gasteiger partial charge in [-0.25, -0.2) is 4.99 Å². The van der Waals surface area contributed by atoms with Gasteiger partial charge in [-0.3, -0.25) is 10.7 Å². The van der Waals surface area contributed by atoms with Gasteiger partial charge in [-0.1, -0.05) is 27.7 Å². The summed E-state index contributed by atoms with van der Waals surface area (Å²) in [5.41, 5.74) is 10.8. The van der Waals surface area contributed by atoms with Crippen LogP contribution in [-0.2, 0) is 0 Å². The van der Waals surface area contributed by atoms with E-state index in [-0.39, 0.29) is 35.8 Å². The zero-order chi connectivity index (χ0) is 11.4. The van der Waals surface area contributed by atoms with Gasteiger partial charge in [-0.2, -0.15) is 0 Å². The number of rotatable bonds is 2. The molecule has 6 N–H and O–H groups in total. The van der Waals surface area contributed by atoms with Crippen LogP contribution in [0, 0.1) is 10.8 Å². The molecule has 0 aliphatic carbocycles. The van der Waals surface area contributed by atoms with Crippen LogP contribution >= 0.6 is 12.4 Å². The fourth-order valence-corrected chi connectivity index (χ4v) is 1.24. The predicted molar refractivity (Wildman–Crippen MR) is 67.5 cm³/mol. The summed E-state index contributed by atoms with van der Waals surface area (Å²) < 4.78 is 0. The van der Waals surface area contributed by atoms with Crippen molar-refractivity contribution in [1.82, 2.24) is 5.32 Å². The smallest absolute Gasteiger partial charge is 0.195 e. The maximum absolute atomic E-state index is 6.99. The molecule has 0 fully saturated rings. The second-order valence-corrected chi connectivity index (χ2v) is 4.34. The molecule has 0 rings (SSSR count). The first-order valence-electron chi connectivity index (χ1n) is 4.71. The molecule has 0 bridgehead atoms. The van der Waals surface area contributed by atoms with Gasteiger partial charge in [0, 0.05) is 0 Å². The molecule has 90 valence electrons. The van der Waals surface area contributed by atoms with Crippen LogP contribution in [-0.4, -0.2) is 18.0 Å². The summed E-state index contributed by atoms with van der Waals surface area (Å²) >= 11 is 0. The van der Waals surface area contributed by atoms with E-state index in [1.807, 2.05) is 0 Å². The Balaban J connectivity index is 0. The molecule has 1 atom stereocenters. The summed E-state index contributed by atoms with van der Waals surface area (Å²) in [7, 11) is 0. The number of hydrogen-bond donors (Lipinski definition) is 4. The van der Waals surface area contributed by atoms with Gasteiger partial charge < -0.3 is 11.5 Å². The zero-order valence-electron chi connectivity index (χ0n) is 9.79. The third-order valence-corrected chi connectivity index (χ3v) is 1.94. The van der Waals surface area contributed by atoms with Gasteiger partial charge in [0.15, 0.2) is 11.9 Å². The molecular formula is C9H22ClN5. The Kier molecular flexibility index (Phi) is 7.13. The standard InChI is InChI=1S/C9H21N5.ClH/c1-5-6(9(2,3)4)13-8(12)14-7(10)11;/h6H,5H2,1-4H3,(H6,10,11,12,13,14);1H. The third-order valence-electron chi connectivity index (χ3n) is 1.94. The Morgan fingerprint density at radius 2 is 1.87 bits per heavy atom. The predicted octanol–water partition coefficient (Wildman–Crippen LogP) is 1.03. The molecule has 1 unspecified atom stereocenters. The van der Waals surface area contributed by atoms with Crippen molar-refractivity contribution in [2.75, 3.05) is 0 Å². The number of guanidine groups is 2. The van der Waals surface area contributed by atoms with Crippen LogP contribution in [0.4, 0.5) is 0 Å². The summed E-state index contributed by atoms with van der Waals surface area (Å²) in [6.45, 7) is 8.36. The van der Waals surface area contributed by atoms with Crippen molar-refractivity contribution in [2.24, 2.45) is 21.9 Å². The Bertz CT molecular complexity index is 231. The maximum Gasteiger partial charge on any atom is 0.195 e. The van der Waals surface area contributed by atoms with Gasteiger partial charge >= 0.3 is 0 Å². The monoisotopic (exact) mass is 235 g/mol. The van der Waals surface area contributed by atoms with Gasteiger partial charge in [0.2, 0.25) is 0 Å². The average Bonchev–Trinajstić information content (AvgIpc) is 1.96. The summed E-state index contributed by atoms with van der Waals surface area (Å²) in [5.74, 6) is 0.0225. The van der Waals surface area contributed by atoms with E-state index < -0.39 is 0 Å². The van der Waals surface area contributed by atoms with Crippen molar-refractivity contribution >= 4 is 24.3 Å².